The summed E-state index contributed by atoms with van der Waals surface area (Å²) >= 11 is 0. The van der Waals surface area contributed by atoms with Gasteiger partial charge in [-0.1, -0.05) is 12.1 Å². The van der Waals surface area contributed by atoms with E-state index in [-0.39, 0.29) is 35.5 Å². The Morgan fingerprint density at radius 2 is 1.88 bits per heavy atom. The zero-order valence-electron chi connectivity index (χ0n) is 22.4. The van der Waals surface area contributed by atoms with Crippen LogP contribution in [0.15, 0.2) is 48.9 Å². The summed E-state index contributed by atoms with van der Waals surface area (Å²) in [6.07, 6.45) is 2.10. The minimum Gasteiger partial charge on any atom is -0.390 e. The first kappa shape index (κ1) is 26.4. The molecular formula is C30H27F2N7O3. The number of pyridine rings is 1. The summed E-state index contributed by atoms with van der Waals surface area (Å²) < 4.78 is 29.1. The molecule has 0 saturated heterocycles. The summed E-state index contributed by atoms with van der Waals surface area (Å²) in [6, 6.07) is 8.64. The van der Waals surface area contributed by atoms with E-state index in [1.54, 1.807) is 35.3 Å². The highest BCUT2D eigenvalue weighted by Crippen LogP contribution is 2.58. The van der Waals surface area contributed by atoms with Crippen molar-refractivity contribution in [1.29, 1.82) is 0 Å². The molecule has 0 spiro atoms. The molecular weight excluding hydrogens is 544 g/mol. The van der Waals surface area contributed by atoms with Crippen LogP contribution in [-0.2, 0) is 4.79 Å². The van der Waals surface area contributed by atoms with Crippen molar-refractivity contribution in [3.05, 3.63) is 77.6 Å². The van der Waals surface area contributed by atoms with Gasteiger partial charge in [0.05, 0.1) is 24.4 Å². The molecule has 3 heterocycles. The normalized spacial score (nSPS) is 29.3. The number of carbonyl (C=O) groups is 1. The molecule has 7 rings (SSSR count). The summed E-state index contributed by atoms with van der Waals surface area (Å²) in [5.41, 5.74) is 2.09. The summed E-state index contributed by atoms with van der Waals surface area (Å²) in [6.45, 7) is 0. The van der Waals surface area contributed by atoms with Gasteiger partial charge in [-0.3, -0.25) is 4.79 Å². The van der Waals surface area contributed by atoms with Crippen LogP contribution in [0.5, 0.6) is 0 Å². The molecule has 3 fully saturated rings. The smallest absolute Gasteiger partial charge is 0.225 e. The van der Waals surface area contributed by atoms with Gasteiger partial charge in [0.1, 0.15) is 11.8 Å². The molecule has 1 aromatic carbocycles. The Morgan fingerprint density at radius 3 is 2.64 bits per heavy atom. The van der Waals surface area contributed by atoms with Crippen molar-refractivity contribution in [2.45, 2.75) is 43.1 Å². The number of fused-ring (bicyclic) bond motifs is 2. The molecule has 10 nitrogen and oxygen atoms in total. The molecule has 3 aromatic heterocycles. The average Bonchev–Trinajstić information content (AvgIpc) is 3.91. The number of halogens is 2. The van der Waals surface area contributed by atoms with E-state index in [1.165, 1.54) is 13.1 Å². The number of amides is 1. The van der Waals surface area contributed by atoms with Gasteiger partial charge < -0.3 is 25.4 Å². The Balaban J connectivity index is 1.25. The van der Waals surface area contributed by atoms with E-state index in [2.05, 4.69) is 42.4 Å². The maximum absolute atomic E-state index is 13.9. The number of aliphatic hydroxyl groups is 2. The number of hydrogen-bond donors (Lipinski definition) is 4. The van der Waals surface area contributed by atoms with Crippen LogP contribution in [0.25, 0.3) is 11.2 Å². The van der Waals surface area contributed by atoms with Gasteiger partial charge in [0, 0.05) is 25.2 Å². The van der Waals surface area contributed by atoms with Crippen LogP contribution in [0.2, 0.25) is 0 Å². The Labute approximate surface area is 239 Å². The fourth-order valence-corrected chi connectivity index (χ4v) is 6.34. The highest BCUT2D eigenvalue weighted by molar-refractivity contribution is 5.84. The lowest BCUT2D eigenvalue weighted by Crippen LogP contribution is -2.50. The Hall–Kier alpha value is -4.47. The lowest BCUT2D eigenvalue weighted by Gasteiger charge is -2.36. The van der Waals surface area contributed by atoms with Crippen molar-refractivity contribution in [2.24, 2.45) is 17.8 Å². The van der Waals surface area contributed by atoms with Crippen molar-refractivity contribution < 1.29 is 23.8 Å². The summed E-state index contributed by atoms with van der Waals surface area (Å²) in [7, 11) is 1.52. The Morgan fingerprint density at radius 1 is 1.02 bits per heavy atom. The fraction of sp³-hybridized carbons (Fsp3) is 0.367. The number of anilines is 1. The fourth-order valence-electron chi connectivity index (χ4n) is 6.34. The van der Waals surface area contributed by atoms with Crippen molar-refractivity contribution in [2.75, 3.05) is 12.4 Å². The molecule has 4 N–H and O–H groups in total. The highest BCUT2D eigenvalue weighted by atomic mass is 19.2. The highest BCUT2D eigenvalue weighted by Gasteiger charge is 2.61. The molecule has 4 unspecified atom stereocenters. The van der Waals surface area contributed by atoms with Gasteiger partial charge in [0.2, 0.25) is 11.7 Å². The minimum absolute atomic E-state index is 0.0422. The lowest BCUT2D eigenvalue weighted by atomic mass is 9.80. The number of rotatable bonds is 5. The van der Waals surface area contributed by atoms with E-state index in [1.807, 2.05) is 6.07 Å². The van der Waals surface area contributed by atoms with Crippen molar-refractivity contribution in [3.63, 3.8) is 0 Å². The largest absolute Gasteiger partial charge is 0.390 e. The topological polar surface area (TPSA) is 138 Å². The molecule has 0 bridgehead atoms. The predicted molar refractivity (Wildman–Crippen MR) is 147 cm³/mol. The third kappa shape index (κ3) is 4.55. The average molecular weight is 572 g/mol. The molecule has 3 saturated carbocycles. The molecule has 8 atom stereocenters. The molecule has 3 aliphatic rings. The minimum atomic E-state index is -1.25. The summed E-state index contributed by atoms with van der Waals surface area (Å²) in [5, 5.41) is 28.1. The third-order valence-electron chi connectivity index (χ3n) is 8.60. The lowest BCUT2D eigenvalue weighted by molar-refractivity contribution is -0.139. The van der Waals surface area contributed by atoms with Crippen molar-refractivity contribution in [1.82, 2.24) is 29.8 Å². The van der Waals surface area contributed by atoms with Crippen LogP contribution >= 0.6 is 0 Å². The molecule has 0 radical (unpaired) electrons. The van der Waals surface area contributed by atoms with Crippen LogP contribution in [0.3, 0.4) is 0 Å². The predicted octanol–water partition coefficient (Wildman–Crippen LogP) is 2.14. The quantitative estimate of drug-likeness (QED) is 0.268. The van der Waals surface area contributed by atoms with Gasteiger partial charge in [-0.05, 0) is 66.3 Å². The zero-order valence-corrected chi connectivity index (χ0v) is 22.4. The molecule has 0 aliphatic heterocycles. The number of imidazole rings is 1. The van der Waals surface area contributed by atoms with Gasteiger partial charge in [0.25, 0.3) is 0 Å². The maximum atomic E-state index is 13.9. The van der Waals surface area contributed by atoms with E-state index in [0.717, 1.165) is 6.07 Å². The summed E-state index contributed by atoms with van der Waals surface area (Å²) in [5.74, 6) is 3.63. The number of nitrogens with one attached hydrogen (secondary N) is 2. The van der Waals surface area contributed by atoms with E-state index in [9.17, 15) is 23.8 Å². The number of hydrogen-bond acceptors (Lipinski definition) is 8. The molecule has 42 heavy (non-hydrogen) atoms. The van der Waals surface area contributed by atoms with E-state index in [0.29, 0.717) is 41.1 Å². The SMILES string of the molecule is CNC(=O)[C@H]1C2CC2[C@@H](n2cnc3c(NC4CC4c4ccc(F)c(F)c4)nc(C#Cc4ccccn4)nc32)[C@H](O)[C@@H]1O. The molecule has 12 heteroatoms. The van der Waals surface area contributed by atoms with Gasteiger partial charge in [-0.25, -0.2) is 28.7 Å². The Bertz CT molecular complexity index is 1750. The number of aromatic nitrogens is 5. The third-order valence-corrected chi connectivity index (χ3v) is 8.60. The molecule has 3 aliphatic carbocycles. The van der Waals surface area contributed by atoms with E-state index < -0.39 is 35.8 Å². The summed E-state index contributed by atoms with van der Waals surface area (Å²) in [4.78, 5) is 30.5. The first-order chi connectivity index (χ1) is 20.3. The maximum Gasteiger partial charge on any atom is 0.225 e. The monoisotopic (exact) mass is 571 g/mol. The first-order valence-corrected chi connectivity index (χ1v) is 13.8. The van der Waals surface area contributed by atoms with Gasteiger partial charge in [-0.2, -0.15) is 0 Å². The zero-order chi connectivity index (χ0) is 29.1. The van der Waals surface area contributed by atoms with Crippen LogP contribution in [0.4, 0.5) is 14.6 Å². The van der Waals surface area contributed by atoms with Crippen molar-refractivity contribution >= 4 is 22.9 Å². The second-order valence-corrected chi connectivity index (χ2v) is 11.1. The Kier molecular flexibility index (Phi) is 6.36. The molecule has 1 amide bonds. The van der Waals surface area contributed by atoms with E-state index >= 15 is 0 Å². The second kappa shape index (κ2) is 10.1. The molecule has 4 aromatic rings. The van der Waals surface area contributed by atoms with E-state index in [4.69, 9.17) is 0 Å². The van der Waals surface area contributed by atoms with Gasteiger partial charge in [-0.15, -0.1) is 0 Å². The van der Waals surface area contributed by atoms with Crippen LogP contribution < -0.4 is 10.6 Å². The first-order valence-electron chi connectivity index (χ1n) is 13.8. The number of benzene rings is 1. The van der Waals surface area contributed by atoms with Crippen LogP contribution in [-0.4, -0.2) is 65.9 Å². The number of nitrogens with zero attached hydrogens (tertiary/aromatic N) is 5. The number of aliphatic hydroxyl groups excluding tert-OH is 2. The molecule has 214 valence electrons. The van der Waals surface area contributed by atoms with Crippen LogP contribution in [0.1, 0.15) is 41.9 Å². The standard InChI is InChI=1S/C30H27F2N7O3/c1-33-30(42)23-17-11-18(17)25(27(41)26(23)40)39-13-35-24-28(36-21-12-16(21)14-5-7-19(31)20(32)10-14)37-22(38-29(24)39)8-6-15-4-2-3-9-34-15/h2-5,7,9-10,13,16-18,21,23,25-27,40-41H,11-12H2,1H3,(H,33,42)(H,36,37,38)/t16?,17?,18?,21?,23-,25+,26+,27-/m0/s1. The van der Waals surface area contributed by atoms with Gasteiger partial charge in [0.15, 0.2) is 28.6 Å². The van der Waals surface area contributed by atoms with Crippen LogP contribution in [0, 0.1) is 41.2 Å². The van der Waals surface area contributed by atoms with Gasteiger partial charge >= 0.3 is 0 Å². The second-order valence-electron chi connectivity index (χ2n) is 11.1. The van der Waals surface area contributed by atoms with Crippen molar-refractivity contribution in [3.8, 4) is 11.8 Å². The number of carbonyl (C=O) groups excluding carboxylic acids is 1.